The first-order valence-electron chi connectivity index (χ1n) is 4.35. The summed E-state index contributed by atoms with van der Waals surface area (Å²) in [5, 5.41) is 0. The van der Waals surface area contributed by atoms with Gasteiger partial charge in [-0.1, -0.05) is 6.92 Å². The van der Waals surface area contributed by atoms with Crippen LogP contribution in [0.5, 0.6) is 0 Å². The van der Waals surface area contributed by atoms with Crippen molar-refractivity contribution in [3.05, 3.63) is 0 Å². The molecule has 5 heteroatoms. The fourth-order valence-electron chi connectivity index (χ4n) is 0.697. The molecule has 0 aromatic rings. The molecule has 0 aliphatic heterocycles. The average Bonchev–Trinajstić information content (AvgIpc) is 2.02. The first-order chi connectivity index (χ1) is 5.83. The average molecular weight is 225 g/mol. The van der Waals surface area contributed by atoms with E-state index in [0.29, 0.717) is 13.0 Å². The maximum absolute atomic E-state index is 11.3. The van der Waals surface area contributed by atoms with E-state index >= 15 is 0 Å². The van der Waals surface area contributed by atoms with E-state index in [1.54, 1.807) is 11.8 Å². The predicted octanol–water partition coefficient (Wildman–Crippen LogP) is 1.46. The van der Waals surface area contributed by atoms with E-state index in [4.69, 9.17) is 0 Å². The minimum Gasteiger partial charge on any atom is -0.214 e. The Hall–Kier alpha value is 0.260. The number of nitrogens with one attached hydrogen (secondary N) is 1. The van der Waals surface area contributed by atoms with Gasteiger partial charge in [-0.25, -0.2) is 13.1 Å². The first kappa shape index (κ1) is 13.3. The number of thioether (sulfide) groups is 1. The second-order valence-electron chi connectivity index (χ2n) is 3.60. The van der Waals surface area contributed by atoms with Crippen LogP contribution in [0, 0.1) is 0 Å². The van der Waals surface area contributed by atoms with Crippen LogP contribution in [0.3, 0.4) is 0 Å². The van der Waals surface area contributed by atoms with Crippen molar-refractivity contribution >= 4 is 21.8 Å². The van der Waals surface area contributed by atoms with Gasteiger partial charge in [0.15, 0.2) is 0 Å². The molecular weight excluding hydrogens is 206 g/mol. The predicted molar refractivity (Wildman–Crippen MR) is 59.7 cm³/mol. The minimum atomic E-state index is -3.04. The van der Waals surface area contributed by atoms with Crippen LogP contribution in [0.1, 0.15) is 27.2 Å². The molecule has 0 aromatic carbocycles. The van der Waals surface area contributed by atoms with Gasteiger partial charge in [0.25, 0.3) is 0 Å². The van der Waals surface area contributed by atoms with Crippen molar-refractivity contribution in [2.75, 3.05) is 18.6 Å². The van der Waals surface area contributed by atoms with E-state index in [2.05, 4.69) is 4.72 Å². The third-order valence-electron chi connectivity index (χ3n) is 1.74. The molecule has 0 bridgehead atoms. The van der Waals surface area contributed by atoms with E-state index in [9.17, 15) is 8.42 Å². The van der Waals surface area contributed by atoms with Gasteiger partial charge in [0.1, 0.15) is 0 Å². The first-order valence-corrected chi connectivity index (χ1v) is 7.23. The number of hydrogen-bond donors (Lipinski definition) is 1. The summed E-state index contributed by atoms with van der Waals surface area (Å²) in [4.78, 5) is 0. The summed E-state index contributed by atoms with van der Waals surface area (Å²) in [7, 11) is -3.04. The summed E-state index contributed by atoms with van der Waals surface area (Å²) >= 11 is 1.66. The molecular formula is C8H19NO2S2. The lowest BCUT2D eigenvalue weighted by Crippen LogP contribution is -2.37. The normalized spacial score (nSPS) is 13.2. The Balaban J connectivity index is 4.02. The van der Waals surface area contributed by atoms with Crippen molar-refractivity contribution in [1.82, 2.24) is 4.72 Å². The van der Waals surface area contributed by atoms with Crippen molar-refractivity contribution in [2.24, 2.45) is 0 Å². The quantitative estimate of drug-likeness (QED) is 0.744. The Morgan fingerprint density at radius 3 is 2.31 bits per heavy atom. The highest BCUT2D eigenvalue weighted by atomic mass is 32.2. The summed E-state index contributed by atoms with van der Waals surface area (Å²) in [6.07, 6.45) is 2.64. The van der Waals surface area contributed by atoms with Crippen molar-refractivity contribution < 1.29 is 8.42 Å². The van der Waals surface area contributed by atoms with E-state index in [0.717, 1.165) is 0 Å². The fourth-order valence-corrected chi connectivity index (χ4v) is 2.27. The monoisotopic (exact) mass is 225 g/mol. The summed E-state index contributed by atoms with van der Waals surface area (Å²) < 4.78 is 25.1. The fraction of sp³-hybridized carbons (Fsp3) is 1.00. The molecule has 1 N–H and O–H groups in total. The van der Waals surface area contributed by atoms with Gasteiger partial charge >= 0.3 is 0 Å². The van der Waals surface area contributed by atoms with Crippen LogP contribution in [-0.2, 0) is 10.0 Å². The van der Waals surface area contributed by atoms with Gasteiger partial charge in [0.05, 0.1) is 5.75 Å². The van der Waals surface area contributed by atoms with Crippen molar-refractivity contribution in [1.29, 1.82) is 0 Å². The van der Waals surface area contributed by atoms with Crippen LogP contribution in [-0.4, -0.2) is 31.7 Å². The largest absolute Gasteiger partial charge is 0.214 e. The molecule has 0 heterocycles. The smallest absolute Gasteiger partial charge is 0.211 e. The molecule has 0 unspecified atom stereocenters. The molecule has 0 saturated carbocycles. The van der Waals surface area contributed by atoms with Gasteiger partial charge in [-0.2, -0.15) is 11.8 Å². The number of sulfonamides is 1. The van der Waals surface area contributed by atoms with E-state index < -0.39 is 10.0 Å². The zero-order valence-corrected chi connectivity index (χ0v) is 10.4. The lowest BCUT2D eigenvalue weighted by atomic mass is 10.2. The summed E-state index contributed by atoms with van der Waals surface area (Å²) in [5.74, 6) is 0.220. The number of rotatable bonds is 6. The van der Waals surface area contributed by atoms with Gasteiger partial charge < -0.3 is 0 Å². The van der Waals surface area contributed by atoms with Crippen LogP contribution in [0.15, 0.2) is 0 Å². The molecule has 0 saturated heterocycles. The topological polar surface area (TPSA) is 46.2 Å². The Morgan fingerprint density at radius 2 is 1.92 bits per heavy atom. The van der Waals surface area contributed by atoms with Crippen LogP contribution in [0.4, 0.5) is 0 Å². The molecule has 0 aliphatic carbocycles. The van der Waals surface area contributed by atoms with Crippen molar-refractivity contribution in [2.45, 2.75) is 31.9 Å². The van der Waals surface area contributed by atoms with Gasteiger partial charge in [-0.05, 0) is 26.5 Å². The Bertz CT molecular complexity index is 235. The van der Waals surface area contributed by atoms with Gasteiger partial charge in [0.2, 0.25) is 10.0 Å². The highest BCUT2D eigenvalue weighted by Gasteiger charge is 2.19. The molecule has 0 amide bonds. The molecule has 0 rings (SSSR count). The maximum atomic E-state index is 11.3. The third kappa shape index (κ3) is 6.35. The van der Waals surface area contributed by atoms with Crippen molar-refractivity contribution in [3.8, 4) is 0 Å². The zero-order valence-electron chi connectivity index (χ0n) is 8.75. The molecule has 3 nitrogen and oxygen atoms in total. The lowest BCUT2D eigenvalue weighted by molar-refractivity contribution is 0.569. The summed E-state index contributed by atoms with van der Waals surface area (Å²) in [5.41, 5.74) is 0. The van der Waals surface area contributed by atoms with Crippen LogP contribution >= 0.6 is 11.8 Å². The second-order valence-corrected chi connectivity index (χ2v) is 7.04. The highest BCUT2D eigenvalue weighted by molar-refractivity contribution is 8.00. The Labute approximate surface area is 85.7 Å². The molecule has 0 fully saturated rings. The third-order valence-corrected chi connectivity index (χ3v) is 4.52. The lowest BCUT2D eigenvalue weighted by Gasteiger charge is -2.21. The van der Waals surface area contributed by atoms with E-state index in [1.807, 2.05) is 27.0 Å². The Morgan fingerprint density at radius 1 is 1.38 bits per heavy atom. The highest BCUT2D eigenvalue weighted by Crippen LogP contribution is 2.19. The van der Waals surface area contributed by atoms with E-state index in [1.165, 1.54) is 0 Å². The van der Waals surface area contributed by atoms with Gasteiger partial charge in [0, 0.05) is 11.3 Å². The molecule has 80 valence electrons. The van der Waals surface area contributed by atoms with Crippen LogP contribution in [0.2, 0.25) is 0 Å². The van der Waals surface area contributed by atoms with E-state index in [-0.39, 0.29) is 10.5 Å². The maximum Gasteiger partial charge on any atom is 0.211 e. The van der Waals surface area contributed by atoms with Crippen molar-refractivity contribution in [3.63, 3.8) is 0 Å². The second kappa shape index (κ2) is 5.22. The molecule has 13 heavy (non-hydrogen) atoms. The summed E-state index contributed by atoms with van der Waals surface area (Å²) in [6.45, 7) is 6.40. The molecule has 0 aromatic heterocycles. The Kier molecular flexibility index (Phi) is 5.32. The minimum absolute atomic E-state index is 0.0270. The molecule has 0 aliphatic rings. The van der Waals surface area contributed by atoms with Gasteiger partial charge in [-0.3, -0.25) is 0 Å². The molecule has 0 spiro atoms. The molecule has 0 radical (unpaired) electrons. The van der Waals surface area contributed by atoms with Crippen LogP contribution in [0.25, 0.3) is 0 Å². The SMILES string of the molecule is CCCS(=O)(=O)NCC(C)(C)SC. The molecule has 0 atom stereocenters. The summed E-state index contributed by atoms with van der Waals surface area (Å²) in [6, 6.07) is 0. The van der Waals surface area contributed by atoms with Crippen LogP contribution < -0.4 is 4.72 Å². The van der Waals surface area contributed by atoms with Gasteiger partial charge in [-0.15, -0.1) is 0 Å². The number of hydrogen-bond acceptors (Lipinski definition) is 3. The standard InChI is InChI=1S/C8H19NO2S2/c1-5-6-13(10,11)9-7-8(2,3)12-4/h9H,5-7H2,1-4H3. The zero-order chi connectivity index (χ0) is 10.5.